The lowest BCUT2D eigenvalue weighted by atomic mass is 10.3. The number of unbranched alkanes of at least 4 members (excludes halogenated alkanes) is 1. The van der Waals surface area contributed by atoms with Crippen molar-refractivity contribution in [2.24, 2.45) is 0 Å². The van der Waals surface area contributed by atoms with Crippen LogP contribution in [0.1, 0.15) is 35.9 Å². The van der Waals surface area contributed by atoms with Crippen LogP contribution in [-0.2, 0) is 0 Å². The van der Waals surface area contributed by atoms with Gasteiger partial charge >= 0.3 is 0 Å². The number of hydrogen-bond donors (Lipinski definition) is 2. The van der Waals surface area contributed by atoms with Gasteiger partial charge in [-0.05, 0) is 31.5 Å². The van der Waals surface area contributed by atoms with E-state index in [0.29, 0.717) is 27.4 Å². The first-order chi connectivity index (χ1) is 11.0. The van der Waals surface area contributed by atoms with Crippen LogP contribution in [0.2, 0.25) is 10.0 Å². The molecule has 1 aromatic heterocycles. The molecule has 2 N–H and O–H groups in total. The van der Waals surface area contributed by atoms with E-state index in [1.807, 2.05) is 6.92 Å². The molecule has 0 atom stereocenters. The van der Waals surface area contributed by atoms with Crippen molar-refractivity contribution in [3.05, 3.63) is 45.7 Å². The molecule has 0 saturated heterocycles. The van der Waals surface area contributed by atoms with Crippen molar-refractivity contribution in [2.75, 3.05) is 17.2 Å². The van der Waals surface area contributed by atoms with E-state index in [-0.39, 0.29) is 11.6 Å². The molecule has 0 radical (unpaired) electrons. The van der Waals surface area contributed by atoms with Gasteiger partial charge < -0.3 is 10.6 Å². The zero-order chi connectivity index (χ0) is 16.8. The molecule has 1 aromatic carbocycles. The lowest BCUT2D eigenvalue weighted by molar-refractivity contribution is 0.102. The molecule has 1 heterocycles. The zero-order valence-corrected chi connectivity index (χ0v) is 14.5. The molecule has 0 aliphatic rings. The average molecular weight is 353 g/mol. The highest BCUT2D eigenvalue weighted by molar-refractivity contribution is 6.44. The van der Waals surface area contributed by atoms with Crippen molar-refractivity contribution >= 4 is 40.7 Å². The van der Waals surface area contributed by atoms with Crippen LogP contribution in [0.3, 0.4) is 0 Å². The summed E-state index contributed by atoms with van der Waals surface area (Å²) in [6, 6.07) is 6.68. The Morgan fingerprint density at radius 3 is 2.78 bits per heavy atom. The fourth-order valence-electron chi connectivity index (χ4n) is 1.93. The van der Waals surface area contributed by atoms with Gasteiger partial charge in [0, 0.05) is 12.2 Å². The third kappa shape index (κ3) is 4.81. The molecule has 1 amide bonds. The van der Waals surface area contributed by atoms with Crippen molar-refractivity contribution in [2.45, 2.75) is 26.7 Å². The number of anilines is 2. The maximum atomic E-state index is 12.4. The fourth-order valence-corrected chi connectivity index (χ4v) is 2.28. The van der Waals surface area contributed by atoms with Crippen molar-refractivity contribution in [3.63, 3.8) is 0 Å². The van der Waals surface area contributed by atoms with Gasteiger partial charge in [0.2, 0.25) is 5.95 Å². The fraction of sp³-hybridized carbons (Fsp3) is 0.312. The number of amides is 1. The number of halogens is 2. The highest BCUT2D eigenvalue weighted by Gasteiger charge is 2.13. The zero-order valence-electron chi connectivity index (χ0n) is 13.0. The first-order valence-electron chi connectivity index (χ1n) is 7.36. The molecule has 0 aliphatic heterocycles. The van der Waals surface area contributed by atoms with Crippen LogP contribution in [0.25, 0.3) is 0 Å². The van der Waals surface area contributed by atoms with Crippen LogP contribution in [0.4, 0.5) is 11.6 Å². The Labute approximate surface area is 145 Å². The van der Waals surface area contributed by atoms with E-state index < -0.39 is 0 Å². The van der Waals surface area contributed by atoms with Crippen LogP contribution in [0, 0.1) is 6.92 Å². The summed E-state index contributed by atoms with van der Waals surface area (Å²) in [7, 11) is 0. The normalized spacial score (nSPS) is 10.4. The molecular weight excluding hydrogens is 335 g/mol. The Balaban J connectivity index is 2.17. The lowest BCUT2D eigenvalue weighted by Gasteiger charge is -2.10. The summed E-state index contributed by atoms with van der Waals surface area (Å²) < 4.78 is 0. The molecule has 7 heteroatoms. The quantitative estimate of drug-likeness (QED) is 0.748. The number of carbonyl (C=O) groups is 1. The highest BCUT2D eigenvalue weighted by atomic mass is 35.5. The Morgan fingerprint density at radius 1 is 1.26 bits per heavy atom. The highest BCUT2D eigenvalue weighted by Crippen LogP contribution is 2.29. The smallest absolute Gasteiger partial charge is 0.274 e. The maximum absolute atomic E-state index is 12.4. The minimum atomic E-state index is -0.363. The molecule has 5 nitrogen and oxygen atoms in total. The molecule has 23 heavy (non-hydrogen) atoms. The second-order valence-corrected chi connectivity index (χ2v) is 5.84. The van der Waals surface area contributed by atoms with E-state index in [1.165, 1.54) is 0 Å². The second-order valence-electron chi connectivity index (χ2n) is 5.05. The first-order valence-corrected chi connectivity index (χ1v) is 8.11. The second kappa shape index (κ2) is 8.13. The van der Waals surface area contributed by atoms with Crippen molar-refractivity contribution in [3.8, 4) is 0 Å². The molecule has 0 bridgehead atoms. The largest absolute Gasteiger partial charge is 0.354 e. The van der Waals surface area contributed by atoms with Gasteiger partial charge in [-0.1, -0.05) is 42.6 Å². The van der Waals surface area contributed by atoms with Crippen molar-refractivity contribution < 1.29 is 4.79 Å². The van der Waals surface area contributed by atoms with Gasteiger partial charge in [0.25, 0.3) is 5.91 Å². The van der Waals surface area contributed by atoms with E-state index in [1.54, 1.807) is 24.3 Å². The van der Waals surface area contributed by atoms with Gasteiger partial charge in [-0.2, -0.15) is 0 Å². The Kier molecular flexibility index (Phi) is 6.19. The number of nitrogens with one attached hydrogen (secondary N) is 2. The molecule has 0 fully saturated rings. The molecule has 0 saturated carbocycles. The minimum Gasteiger partial charge on any atom is -0.354 e. The Morgan fingerprint density at radius 2 is 2.04 bits per heavy atom. The Hall–Kier alpha value is -1.85. The van der Waals surface area contributed by atoms with E-state index in [4.69, 9.17) is 23.2 Å². The standard InChI is InChI=1S/C16H18Cl2N4O/c1-3-4-8-19-16-20-10(2)9-13(22-16)15(23)21-12-7-5-6-11(17)14(12)18/h5-7,9H,3-4,8H2,1-2H3,(H,21,23)(H,19,20,22). The number of rotatable bonds is 6. The van der Waals surface area contributed by atoms with Crippen LogP contribution in [0.5, 0.6) is 0 Å². The maximum Gasteiger partial charge on any atom is 0.274 e. The SMILES string of the molecule is CCCCNc1nc(C)cc(C(=O)Nc2cccc(Cl)c2Cl)n1. The molecule has 2 aromatic rings. The van der Waals surface area contributed by atoms with Gasteiger partial charge in [-0.3, -0.25) is 4.79 Å². The van der Waals surface area contributed by atoms with Gasteiger partial charge in [0.05, 0.1) is 15.7 Å². The molecule has 2 rings (SSSR count). The van der Waals surface area contributed by atoms with Gasteiger partial charge in [-0.25, -0.2) is 9.97 Å². The topological polar surface area (TPSA) is 66.9 Å². The van der Waals surface area contributed by atoms with E-state index >= 15 is 0 Å². The summed E-state index contributed by atoms with van der Waals surface area (Å²) in [5.74, 6) is 0.0824. The van der Waals surface area contributed by atoms with E-state index in [0.717, 1.165) is 19.4 Å². The number of nitrogens with zero attached hydrogens (tertiary/aromatic N) is 2. The van der Waals surface area contributed by atoms with Crippen LogP contribution in [0.15, 0.2) is 24.3 Å². The number of hydrogen-bond acceptors (Lipinski definition) is 4. The predicted molar refractivity (Wildman–Crippen MR) is 94.6 cm³/mol. The van der Waals surface area contributed by atoms with Crippen LogP contribution < -0.4 is 10.6 Å². The Bertz CT molecular complexity index is 706. The van der Waals surface area contributed by atoms with E-state index in [9.17, 15) is 4.79 Å². The van der Waals surface area contributed by atoms with E-state index in [2.05, 4.69) is 27.5 Å². The molecule has 0 aliphatic carbocycles. The van der Waals surface area contributed by atoms with Crippen LogP contribution in [-0.4, -0.2) is 22.4 Å². The number of carbonyl (C=O) groups excluding carboxylic acids is 1. The lowest BCUT2D eigenvalue weighted by Crippen LogP contribution is -2.16. The summed E-state index contributed by atoms with van der Waals surface area (Å²) in [5, 5.41) is 6.51. The van der Waals surface area contributed by atoms with Gasteiger partial charge in [0.15, 0.2) is 0 Å². The number of benzene rings is 1. The number of aromatic nitrogens is 2. The van der Waals surface area contributed by atoms with Gasteiger partial charge in [-0.15, -0.1) is 0 Å². The molecule has 0 spiro atoms. The first kappa shape index (κ1) is 17.5. The van der Waals surface area contributed by atoms with Crippen LogP contribution >= 0.6 is 23.2 Å². The summed E-state index contributed by atoms with van der Waals surface area (Å²) in [6.07, 6.45) is 2.08. The van der Waals surface area contributed by atoms with Gasteiger partial charge in [0.1, 0.15) is 5.69 Å². The monoisotopic (exact) mass is 352 g/mol. The van der Waals surface area contributed by atoms with Crippen molar-refractivity contribution in [1.82, 2.24) is 9.97 Å². The summed E-state index contributed by atoms with van der Waals surface area (Å²) >= 11 is 12.0. The third-order valence-electron chi connectivity index (χ3n) is 3.10. The predicted octanol–water partition coefficient (Wildman–Crippen LogP) is 4.56. The third-order valence-corrected chi connectivity index (χ3v) is 3.92. The average Bonchev–Trinajstić information content (AvgIpc) is 2.51. The molecule has 0 unspecified atom stereocenters. The summed E-state index contributed by atoms with van der Waals surface area (Å²) in [4.78, 5) is 20.9. The molecule has 122 valence electrons. The van der Waals surface area contributed by atoms with Crippen molar-refractivity contribution in [1.29, 1.82) is 0 Å². The summed E-state index contributed by atoms with van der Waals surface area (Å²) in [6.45, 7) is 4.68. The molecular formula is C16H18Cl2N4O. The number of aryl methyl sites for hydroxylation is 1. The minimum absolute atomic E-state index is 0.271. The summed E-state index contributed by atoms with van der Waals surface area (Å²) in [5.41, 5.74) is 1.43.